The zero-order valence-electron chi connectivity index (χ0n) is 14.1. The minimum absolute atomic E-state index is 0.0282. The molecule has 0 aliphatic heterocycles. The van der Waals surface area contributed by atoms with Gasteiger partial charge in [-0.3, -0.25) is 4.79 Å². The minimum atomic E-state index is -0.510. The first kappa shape index (κ1) is 17.4. The number of hydrogen-bond acceptors (Lipinski definition) is 4. The van der Waals surface area contributed by atoms with Gasteiger partial charge in [-0.05, 0) is 36.1 Å². The number of hydrogen-bond donors (Lipinski definition) is 1. The van der Waals surface area contributed by atoms with E-state index in [-0.39, 0.29) is 11.7 Å². The molecule has 1 N–H and O–H groups in total. The highest BCUT2D eigenvalue weighted by Crippen LogP contribution is 2.48. The zero-order valence-corrected chi connectivity index (χ0v) is 14.1. The number of carbonyl (C=O) groups is 1. The molecule has 1 aromatic carbocycles. The monoisotopic (exact) mass is 344 g/mol. The summed E-state index contributed by atoms with van der Waals surface area (Å²) in [4.78, 5) is 16.8. The number of nitrogens with one attached hydrogen (secondary N) is 1. The summed E-state index contributed by atoms with van der Waals surface area (Å²) in [5.41, 5.74) is 1.25. The lowest BCUT2D eigenvalue weighted by Gasteiger charge is -2.16. The fourth-order valence-corrected chi connectivity index (χ4v) is 2.72. The summed E-state index contributed by atoms with van der Waals surface area (Å²) in [6, 6.07) is 9.81. The Morgan fingerprint density at radius 2 is 1.96 bits per heavy atom. The van der Waals surface area contributed by atoms with E-state index in [4.69, 9.17) is 9.47 Å². The highest BCUT2D eigenvalue weighted by Gasteiger charge is 2.51. The number of aromatic nitrogens is 1. The van der Waals surface area contributed by atoms with Crippen molar-refractivity contribution in [1.29, 1.82) is 0 Å². The number of carbonyl (C=O) groups excluding carboxylic acids is 1. The first-order valence-corrected chi connectivity index (χ1v) is 8.25. The Labute approximate surface area is 146 Å². The van der Waals surface area contributed by atoms with Crippen LogP contribution in [-0.2, 0) is 21.5 Å². The molecule has 1 amide bonds. The van der Waals surface area contributed by atoms with Crippen molar-refractivity contribution in [3.05, 3.63) is 59.5 Å². The van der Waals surface area contributed by atoms with Crippen LogP contribution in [-0.4, -0.2) is 31.2 Å². The number of methoxy groups -OCH3 is 1. The van der Waals surface area contributed by atoms with Crippen LogP contribution >= 0.6 is 0 Å². The number of halogens is 1. The lowest BCUT2D eigenvalue weighted by atomic mass is 9.95. The van der Waals surface area contributed by atoms with Gasteiger partial charge in [-0.2, -0.15) is 0 Å². The lowest BCUT2D eigenvalue weighted by molar-refractivity contribution is -0.123. The normalized spacial score (nSPS) is 14.8. The first-order chi connectivity index (χ1) is 12.1. The summed E-state index contributed by atoms with van der Waals surface area (Å²) in [6.45, 7) is 1.35. The largest absolute Gasteiger partial charge is 0.475 e. The van der Waals surface area contributed by atoms with Crippen LogP contribution in [0.3, 0.4) is 0 Å². The van der Waals surface area contributed by atoms with Crippen molar-refractivity contribution >= 4 is 5.91 Å². The summed E-state index contributed by atoms with van der Waals surface area (Å²) < 4.78 is 23.4. The van der Waals surface area contributed by atoms with Gasteiger partial charge in [0.25, 0.3) is 0 Å². The third kappa shape index (κ3) is 4.14. The Morgan fingerprint density at radius 1 is 1.20 bits per heavy atom. The Hall–Kier alpha value is -2.47. The molecular formula is C19H21FN2O3. The smallest absolute Gasteiger partial charge is 0.230 e. The Bertz CT molecular complexity index is 712. The molecule has 5 nitrogen and oxygen atoms in total. The van der Waals surface area contributed by atoms with Crippen LogP contribution in [0.1, 0.15) is 24.0 Å². The second-order valence-corrected chi connectivity index (χ2v) is 6.12. The molecule has 0 saturated heterocycles. The van der Waals surface area contributed by atoms with Gasteiger partial charge < -0.3 is 14.8 Å². The summed E-state index contributed by atoms with van der Waals surface area (Å²) in [5, 5.41) is 2.95. The van der Waals surface area contributed by atoms with Crippen LogP contribution in [0, 0.1) is 5.82 Å². The van der Waals surface area contributed by atoms with Crippen LogP contribution in [0.25, 0.3) is 0 Å². The lowest BCUT2D eigenvalue weighted by Crippen LogP contribution is -2.34. The molecule has 0 spiro atoms. The van der Waals surface area contributed by atoms with Gasteiger partial charge in [-0.1, -0.05) is 18.2 Å². The molecule has 1 aromatic heterocycles. The van der Waals surface area contributed by atoms with Gasteiger partial charge in [0, 0.05) is 25.9 Å². The second kappa shape index (κ2) is 7.61. The van der Waals surface area contributed by atoms with Crippen molar-refractivity contribution in [1.82, 2.24) is 10.3 Å². The molecule has 1 heterocycles. The minimum Gasteiger partial charge on any atom is -0.475 e. The number of rotatable bonds is 8. The molecule has 6 heteroatoms. The summed E-state index contributed by atoms with van der Waals surface area (Å²) in [6.07, 6.45) is 3.25. The average molecular weight is 344 g/mol. The third-order valence-electron chi connectivity index (χ3n) is 4.37. The Kier molecular flexibility index (Phi) is 5.28. The van der Waals surface area contributed by atoms with E-state index in [0.717, 1.165) is 24.0 Å². The first-order valence-electron chi connectivity index (χ1n) is 8.25. The van der Waals surface area contributed by atoms with Crippen molar-refractivity contribution < 1.29 is 18.7 Å². The molecule has 2 aromatic rings. The van der Waals surface area contributed by atoms with E-state index in [9.17, 15) is 9.18 Å². The number of benzene rings is 1. The maximum Gasteiger partial charge on any atom is 0.230 e. The zero-order chi connectivity index (χ0) is 17.7. The number of amides is 1. The molecular weight excluding hydrogens is 323 g/mol. The van der Waals surface area contributed by atoms with Gasteiger partial charge in [0.05, 0.1) is 12.0 Å². The second-order valence-electron chi connectivity index (χ2n) is 6.12. The molecule has 132 valence electrons. The van der Waals surface area contributed by atoms with E-state index in [1.54, 1.807) is 31.5 Å². The van der Waals surface area contributed by atoms with Gasteiger partial charge in [0.15, 0.2) is 0 Å². The molecule has 1 aliphatic rings. The molecule has 25 heavy (non-hydrogen) atoms. The van der Waals surface area contributed by atoms with Crippen molar-refractivity contribution in [2.75, 3.05) is 20.3 Å². The molecule has 0 radical (unpaired) electrons. The average Bonchev–Trinajstić information content (AvgIpc) is 3.43. The predicted octanol–water partition coefficient (Wildman–Crippen LogP) is 2.59. The van der Waals surface area contributed by atoms with Crippen LogP contribution in [0.4, 0.5) is 4.39 Å². The molecule has 0 atom stereocenters. The molecule has 1 fully saturated rings. The van der Waals surface area contributed by atoms with Gasteiger partial charge in [-0.25, -0.2) is 9.37 Å². The quantitative estimate of drug-likeness (QED) is 0.748. The van der Waals surface area contributed by atoms with E-state index < -0.39 is 5.41 Å². The Balaban J connectivity index is 1.54. The molecule has 3 rings (SSSR count). The number of nitrogens with zero attached hydrogens (tertiary/aromatic N) is 1. The highest BCUT2D eigenvalue weighted by molar-refractivity contribution is 5.91. The number of pyridine rings is 1. The Morgan fingerprint density at radius 3 is 2.56 bits per heavy atom. The van der Waals surface area contributed by atoms with Gasteiger partial charge in [0.1, 0.15) is 12.4 Å². The maximum atomic E-state index is 13.1. The summed E-state index contributed by atoms with van der Waals surface area (Å²) in [7, 11) is 1.61. The van der Waals surface area contributed by atoms with Crippen molar-refractivity contribution in [2.24, 2.45) is 0 Å². The van der Waals surface area contributed by atoms with E-state index in [1.165, 1.54) is 12.1 Å². The topological polar surface area (TPSA) is 60.5 Å². The molecule has 1 aliphatic carbocycles. The SMILES string of the molecule is COCCOc1ccc(CNC(=O)C2(c3ccc(F)cc3)CC2)cn1. The van der Waals surface area contributed by atoms with E-state index >= 15 is 0 Å². The van der Waals surface area contributed by atoms with Crippen molar-refractivity contribution in [2.45, 2.75) is 24.8 Å². The molecule has 0 unspecified atom stereocenters. The van der Waals surface area contributed by atoms with Gasteiger partial charge in [0.2, 0.25) is 11.8 Å². The van der Waals surface area contributed by atoms with Crippen molar-refractivity contribution in [3.63, 3.8) is 0 Å². The van der Waals surface area contributed by atoms with E-state index in [0.29, 0.717) is 25.6 Å². The summed E-state index contributed by atoms with van der Waals surface area (Å²) in [5.74, 6) is 0.204. The maximum absolute atomic E-state index is 13.1. The van der Waals surface area contributed by atoms with Crippen LogP contribution in [0.2, 0.25) is 0 Å². The van der Waals surface area contributed by atoms with Crippen LogP contribution in [0.5, 0.6) is 5.88 Å². The third-order valence-corrected chi connectivity index (χ3v) is 4.37. The van der Waals surface area contributed by atoms with Crippen molar-refractivity contribution in [3.8, 4) is 5.88 Å². The van der Waals surface area contributed by atoms with E-state index in [1.807, 2.05) is 6.07 Å². The van der Waals surface area contributed by atoms with Crippen LogP contribution in [0.15, 0.2) is 42.6 Å². The fraction of sp³-hybridized carbons (Fsp3) is 0.368. The molecule has 0 bridgehead atoms. The van der Waals surface area contributed by atoms with Gasteiger partial charge in [-0.15, -0.1) is 0 Å². The fourth-order valence-electron chi connectivity index (χ4n) is 2.72. The predicted molar refractivity (Wildman–Crippen MR) is 90.8 cm³/mol. The van der Waals surface area contributed by atoms with Crippen LogP contribution < -0.4 is 10.1 Å². The summed E-state index contributed by atoms with van der Waals surface area (Å²) >= 11 is 0. The highest BCUT2D eigenvalue weighted by atomic mass is 19.1. The van der Waals surface area contributed by atoms with Gasteiger partial charge >= 0.3 is 0 Å². The number of ether oxygens (including phenoxy) is 2. The van der Waals surface area contributed by atoms with E-state index in [2.05, 4.69) is 10.3 Å². The standard InChI is InChI=1S/C19H21FN2O3/c1-24-10-11-25-17-7-2-14(12-21-17)13-22-18(23)19(8-9-19)15-3-5-16(20)6-4-15/h2-7,12H,8-11,13H2,1H3,(H,22,23). The molecule has 1 saturated carbocycles.